The maximum atomic E-state index is 11.9. The highest BCUT2D eigenvalue weighted by Crippen LogP contribution is 2.42. The van der Waals surface area contributed by atoms with Gasteiger partial charge in [-0.15, -0.1) is 0 Å². The summed E-state index contributed by atoms with van der Waals surface area (Å²) in [7, 11) is 0. The van der Waals surface area contributed by atoms with Crippen molar-refractivity contribution in [2.24, 2.45) is 11.3 Å². The van der Waals surface area contributed by atoms with Gasteiger partial charge in [-0.3, -0.25) is 4.79 Å². The van der Waals surface area contributed by atoms with Gasteiger partial charge in [0, 0.05) is 12.5 Å². The minimum atomic E-state index is -1.22. The molecule has 2 atom stereocenters. The molecule has 0 spiro atoms. The number of hydrogen-bond acceptors (Lipinski definition) is 3. The quantitative estimate of drug-likeness (QED) is 0.663. The Hall–Kier alpha value is -0.610. The van der Waals surface area contributed by atoms with Crippen molar-refractivity contribution in [3.8, 4) is 0 Å². The summed E-state index contributed by atoms with van der Waals surface area (Å²) < 4.78 is 0. The first kappa shape index (κ1) is 13.5. The van der Waals surface area contributed by atoms with Crippen molar-refractivity contribution in [2.45, 2.75) is 45.6 Å². The molecule has 1 fully saturated rings. The molecule has 1 aliphatic rings. The van der Waals surface area contributed by atoms with E-state index in [9.17, 15) is 9.90 Å². The van der Waals surface area contributed by atoms with Crippen LogP contribution in [0.2, 0.25) is 0 Å². The molecule has 4 nitrogen and oxygen atoms in total. The third-order valence-corrected chi connectivity index (χ3v) is 3.56. The SMILES string of the molecule is CC(O)(CO)CNC(=O)C1CCCC1(C)C. The smallest absolute Gasteiger partial charge is 0.223 e. The van der Waals surface area contributed by atoms with Crippen molar-refractivity contribution in [1.82, 2.24) is 5.32 Å². The molecule has 1 amide bonds. The Balaban J connectivity index is 2.47. The fourth-order valence-corrected chi connectivity index (χ4v) is 2.27. The van der Waals surface area contributed by atoms with Crippen molar-refractivity contribution >= 4 is 5.91 Å². The van der Waals surface area contributed by atoms with Gasteiger partial charge in [-0.1, -0.05) is 20.3 Å². The van der Waals surface area contributed by atoms with E-state index in [0.717, 1.165) is 19.3 Å². The van der Waals surface area contributed by atoms with Gasteiger partial charge in [-0.05, 0) is 25.2 Å². The number of amides is 1. The Morgan fingerprint density at radius 2 is 2.19 bits per heavy atom. The van der Waals surface area contributed by atoms with E-state index in [2.05, 4.69) is 19.2 Å². The third-order valence-electron chi connectivity index (χ3n) is 3.56. The maximum Gasteiger partial charge on any atom is 0.223 e. The zero-order valence-corrected chi connectivity index (χ0v) is 10.4. The van der Waals surface area contributed by atoms with Crippen LogP contribution in [0.25, 0.3) is 0 Å². The first-order valence-electron chi connectivity index (χ1n) is 5.89. The maximum absolute atomic E-state index is 11.9. The average Bonchev–Trinajstić information content (AvgIpc) is 2.55. The van der Waals surface area contributed by atoms with E-state index >= 15 is 0 Å². The van der Waals surface area contributed by atoms with Gasteiger partial charge < -0.3 is 15.5 Å². The number of hydrogen-bond donors (Lipinski definition) is 3. The molecule has 0 aromatic rings. The Labute approximate surface area is 97.0 Å². The summed E-state index contributed by atoms with van der Waals surface area (Å²) in [6, 6.07) is 0. The summed E-state index contributed by atoms with van der Waals surface area (Å²) in [5.74, 6) is 0.0261. The summed E-state index contributed by atoms with van der Waals surface area (Å²) in [5.41, 5.74) is -1.17. The summed E-state index contributed by atoms with van der Waals surface area (Å²) in [4.78, 5) is 11.9. The second kappa shape index (κ2) is 4.72. The Kier molecular flexibility index (Phi) is 3.97. The molecule has 16 heavy (non-hydrogen) atoms. The molecule has 0 saturated heterocycles. The fourth-order valence-electron chi connectivity index (χ4n) is 2.27. The second-order valence-corrected chi connectivity index (χ2v) is 5.81. The van der Waals surface area contributed by atoms with Gasteiger partial charge in [-0.25, -0.2) is 0 Å². The van der Waals surface area contributed by atoms with Crippen LogP contribution < -0.4 is 5.32 Å². The largest absolute Gasteiger partial charge is 0.393 e. The molecule has 0 heterocycles. The van der Waals surface area contributed by atoms with Crippen molar-refractivity contribution in [3.63, 3.8) is 0 Å². The van der Waals surface area contributed by atoms with Gasteiger partial charge in [0.15, 0.2) is 0 Å². The third kappa shape index (κ3) is 3.19. The van der Waals surface area contributed by atoms with E-state index in [1.807, 2.05) is 0 Å². The first-order valence-corrected chi connectivity index (χ1v) is 5.89. The van der Waals surface area contributed by atoms with Gasteiger partial charge in [0.05, 0.1) is 6.61 Å². The van der Waals surface area contributed by atoms with Crippen LogP contribution >= 0.6 is 0 Å². The van der Waals surface area contributed by atoms with Crippen molar-refractivity contribution < 1.29 is 15.0 Å². The number of aliphatic hydroxyl groups excluding tert-OH is 1. The molecule has 94 valence electrons. The topological polar surface area (TPSA) is 69.6 Å². The number of aliphatic hydroxyl groups is 2. The van der Waals surface area contributed by atoms with Gasteiger partial charge in [0.1, 0.15) is 5.60 Å². The average molecular weight is 229 g/mol. The Bertz CT molecular complexity index is 261. The summed E-state index contributed by atoms with van der Waals surface area (Å²) in [5, 5.41) is 21.2. The summed E-state index contributed by atoms with van der Waals surface area (Å²) >= 11 is 0. The molecule has 4 heteroatoms. The van der Waals surface area contributed by atoms with Crippen LogP contribution in [0.1, 0.15) is 40.0 Å². The van der Waals surface area contributed by atoms with Crippen LogP contribution in [0.15, 0.2) is 0 Å². The molecule has 0 aromatic carbocycles. The van der Waals surface area contributed by atoms with E-state index in [0.29, 0.717) is 0 Å². The second-order valence-electron chi connectivity index (χ2n) is 5.81. The lowest BCUT2D eigenvalue weighted by Gasteiger charge is -2.28. The number of carbonyl (C=O) groups excluding carboxylic acids is 1. The van der Waals surface area contributed by atoms with Crippen LogP contribution in [-0.2, 0) is 4.79 Å². The zero-order valence-electron chi connectivity index (χ0n) is 10.4. The zero-order chi connectivity index (χ0) is 12.4. The lowest BCUT2D eigenvalue weighted by atomic mass is 9.81. The molecule has 0 aromatic heterocycles. The summed E-state index contributed by atoms with van der Waals surface area (Å²) in [6.07, 6.45) is 3.07. The molecule has 0 aliphatic heterocycles. The molecule has 1 saturated carbocycles. The van der Waals surface area contributed by atoms with Gasteiger partial charge in [-0.2, -0.15) is 0 Å². The normalized spacial score (nSPS) is 27.4. The van der Waals surface area contributed by atoms with Gasteiger partial charge in [0.2, 0.25) is 5.91 Å². The van der Waals surface area contributed by atoms with Crippen molar-refractivity contribution in [3.05, 3.63) is 0 Å². The van der Waals surface area contributed by atoms with Crippen LogP contribution in [0.4, 0.5) is 0 Å². The van der Waals surface area contributed by atoms with E-state index in [1.165, 1.54) is 6.92 Å². The standard InChI is InChI=1S/C12H23NO3/c1-11(2)6-4-5-9(11)10(15)13-7-12(3,16)8-14/h9,14,16H,4-8H2,1-3H3,(H,13,15). The summed E-state index contributed by atoms with van der Waals surface area (Å²) in [6.45, 7) is 5.48. The number of carbonyl (C=O) groups is 1. The van der Waals surface area contributed by atoms with Crippen LogP contribution in [0.5, 0.6) is 0 Å². The first-order chi connectivity index (χ1) is 7.28. The monoisotopic (exact) mass is 229 g/mol. The molecule has 2 unspecified atom stereocenters. The van der Waals surface area contributed by atoms with Crippen LogP contribution in [0, 0.1) is 11.3 Å². The Morgan fingerprint density at radius 3 is 2.62 bits per heavy atom. The number of rotatable bonds is 4. The highest BCUT2D eigenvalue weighted by molar-refractivity contribution is 5.79. The predicted molar refractivity (Wildman–Crippen MR) is 61.8 cm³/mol. The molecule has 3 N–H and O–H groups in total. The lowest BCUT2D eigenvalue weighted by molar-refractivity contribution is -0.129. The predicted octanol–water partition coefficient (Wildman–Crippen LogP) is 0.672. The fraction of sp³-hybridized carbons (Fsp3) is 0.917. The highest BCUT2D eigenvalue weighted by Gasteiger charge is 2.39. The van der Waals surface area contributed by atoms with E-state index in [1.54, 1.807) is 0 Å². The molecular formula is C12H23NO3. The molecule has 1 rings (SSSR count). The molecular weight excluding hydrogens is 206 g/mol. The van der Waals surface area contributed by atoms with Gasteiger partial charge in [0.25, 0.3) is 0 Å². The number of nitrogens with one attached hydrogen (secondary N) is 1. The van der Waals surface area contributed by atoms with Gasteiger partial charge >= 0.3 is 0 Å². The molecule has 0 bridgehead atoms. The minimum absolute atomic E-state index is 0.00350. The van der Waals surface area contributed by atoms with E-state index in [4.69, 9.17) is 5.11 Å². The molecule has 0 radical (unpaired) electrons. The highest BCUT2D eigenvalue weighted by atomic mass is 16.3. The van der Waals surface area contributed by atoms with Crippen molar-refractivity contribution in [1.29, 1.82) is 0 Å². The van der Waals surface area contributed by atoms with Crippen LogP contribution in [0.3, 0.4) is 0 Å². The lowest BCUT2D eigenvalue weighted by Crippen LogP contribution is -2.46. The van der Waals surface area contributed by atoms with Crippen molar-refractivity contribution in [2.75, 3.05) is 13.2 Å². The van der Waals surface area contributed by atoms with Crippen LogP contribution in [-0.4, -0.2) is 34.9 Å². The Morgan fingerprint density at radius 1 is 1.56 bits per heavy atom. The van der Waals surface area contributed by atoms with E-state index < -0.39 is 5.60 Å². The molecule has 1 aliphatic carbocycles. The van der Waals surface area contributed by atoms with E-state index in [-0.39, 0.29) is 30.4 Å². The minimum Gasteiger partial charge on any atom is -0.393 e.